The molecule has 0 N–H and O–H groups in total. The highest BCUT2D eigenvalue weighted by molar-refractivity contribution is 6.70. The summed E-state index contributed by atoms with van der Waals surface area (Å²) < 4.78 is 11.9. The zero-order valence-electron chi connectivity index (χ0n) is 15.4. The first-order chi connectivity index (χ1) is 9.74. The van der Waals surface area contributed by atoms with E-state index in [4.69, 9.17) is 9.16 Å². The largest absolute Gasteiger partial charge is 0.547 e. The lowest BCUT2D eigenvalue weighted by molar-refractivity contribution is -0.0134. The number of hydrogen-bond donors (Lipinski definition) is 0. The Hall–Kier alpha value is -0.973. The van der Waals surface area contributed by atoms with Gasteiger partial charge in [-0.25, -0.2) is 4.79 Å². The monoisotopic (exact) mass is 325 g/mol. The van der Waals surface area contributed by atoms with Crippen molar-refractivity contribution in [3.05, 3.63) is 11.8 Å². The Kier molecular flexibility index (Phi) is 3.96. The number of nitrogens with zero attached hydrogens (tertiary/aromatic N) is 1. The molecule has 1 fully saturated rings. The molecule has 1 saturated heterocycles. The second kappa shape index (κ2) is 5.01. The van der Waals surface area contributed by atoms with Gasteiger partial charge in [0.05, 0.1) is 16.8 Å². The van der Waals surface area contributed by atoms with Crippen LogP contribution in [0.4, 0.5) is 4.79 Å². The van der Waals surface area contributed by atoms with E-state index in [-0.39, 0.29) is 17.2 Å². The number of fused-ring (bicyclic) bond motifs is 2. The van der Waals surface area contributed by atoms with Crippen molar-refractivity contribution >= 4 is 14.4 Å². The number of hydrogen-bond acceptors (Lipinski definition) is 3. The highest BCUT2D eigenvalue weighted by atomic mass is 28.4. The molecular weight excluding hydrogens is 294 g/mol. The van der Waals surface area contributed by atoms with E-state index < -0.39 is 13.9 Å². The van der Waals surface area contributed by atoms with Gasteiger partial charge in [-0.3, -0.25) is 4.90 Å². The number of ether oxygens (including phenoxy) is 1. The molecule has 2 heterocycles. The van der Waals surface area contributed by atoms with Gasteiger partial charge in [0.1, 0.15) is 5.60 Å². The van der Waals surface area contributed by atoms with Crippen molar-refractivity contribution in [2.45, 2.75) is 90.2 Å². The van der Waals surface area contributed by atoms with Gasteiger partial charge in [0.2, 0.25) is 8.32 Å². The molecule has 0 unspecified atom stereocenters. The lowest BCUT2D eigenvalue weighted by Gasteiger charge is -2.47. The van der Waals surface area contributed by atoms with E-state index in [0.717, 1.165) is 25.0 Å². The molecule has 22 heavy (non-hydrogen) atoms. The molecule has 0 aromatic carbocycles. The summed E-state index contributed by atoms with van der Waals surface area (Å²) in [6, 6.07) is 0. The Balaban J connectivity index is 2.30. The molecule has 2 atom stereocenters. The van der Waals surface area contributed by atoms with Crippen LogP contribution in [-0.2, 0) is 9.16 Å². The maximum Gasteiger partial charge on any atom is 0.411 e. The van der Waals surface area contributed by atoms with E-state index in [0.29, 0.717) is 0 Å². The van der Waals surface area contributed by atoms with Crippen LogP contribution in [0.1, 0.15) is 53.9 Å². The van der Waals surface area contributed by atoms with Crippen LogP contribution in [0, 0.1) is 0 Å². The van der Waals surface area contributed by atoms with Crippen LogP contribution in [0.3, 0.4) is 0 Å². The van der Waals surface area contributed by atoms with Gasteiger partial charge in [-0.1, -0.05) is 0 Å². The van der Waals surface area contributed by atoms with Crippen LogP contribution in [0.25, 0.3) is 0 Å². The van der Waals surface area contributed by atoms with E-state index >= 15 is 0 Å². The van der Waals surface area contributed by atoms with E-state index in [2.05, 4.69) is 39.6 Å². The summed E-state index contributed by atoms with van der Waals surface area (Å²) in [5.74, 6) is 1.06. The van der Waals surface area contributed by atoms with Crippen LogP contribution in [-0.4, -0.2) is 36.0 Å². The minimum atomic E-state index is -1.63. The fourth-order valence-electron chi connectivity index (χ4n) is 3.64. The van der Waals surface area contributed by atoms with E-state index in [1.54, 1.807) is 0 Å². The highest BCUT2D eigenvalue weighted by Crippen LogP contribution is 2.50. The Morgan fingerprint density at radius 1 is 1.23 bits per heavy atom. The molecule has 2 aliphatic heterocycles. The number of carbonyl (C=O) groups excluding carboxylic acids is 1. The summed E-state index contributed by atoms with van der Waals surface area (Å²) >= 11 is 0. The molecule has 0 radical (unpaired) electrons. The maximum atomic E-state index is 12.7. The fourth-order valence-corrected chi connectivity index (χ4v) is 4.55. The van der Waals surface area contributed by atoms with Crippen LogP contribution in [0.15, 0.2) is 11.8 Å². The molecule has 0 saturated carbocycles. The van der Waals surface area contributed by atoms with Gasteiger partial charge < -0.3 is 9.16 Å². The predicted octanol–water partition coefficient (Wildman–Crippen LogP) is 4.67. The third-order valence-corrected chi connectivity index (χ3v) is 5.14. The van der Waals surface area contributed by atoms with Crippen molar-refractivity contribution in [3.8, 4) is 0 Å². The lowest BCUT2D eigenvalue weighted by Crippen LogP contribution is -2.57. The quantitative estimate of drug-likeness (QED) is 0.692. The van der Waals surface area contributed by atoms with Crippen LogP contribution in [0.2, 0.25) is 19.6 Å². The van der Waals surface area contributed by atoms with Gasteiger partial charge in [0.25, 0.3) is 0 Å². The Morgan fingerprint density at radius 3 is 2.27 bits per heavy atom. The molecule has 5 heteroatoms. The Morgan fingerprint density at radius 2 is 1.82 bits per heavy atom. The van der Waals surface area contributed by atoms with Gasteiger partial charge in [0.15, 0.2) is 0 Å². The van der Waals surface area contributed by atoms with Gasteiger partial charge in [-0.2, -0.15) is 0 Å². The van der Waals surface area contributed by atoms with Gasteiger partial charge in [0, 0.05) is 6.42 Å². The summed E-state index contributed by atoms with van der Waals surface area (Å²) in [5.41, 5.74) is -0.979. The molecule has 0 aromatic heterocycles. The minimum absolute atomic E-state index is 0.208. The molecule has 2 bridgehead atoms. The Bertz CT molecular complexity index is 503. The SMILES string of the molecule is CC(C)(C)OC(=O)N1[C@]2(C)CC[C@@]1(C)C=C(O[Si](C)(C)C)C2. The second-order valence-corrected chi connectivity index (χ2v) is 13.6. The highest BCUT2D eigenvalue weighted by Gasteiger charge is 2.56. The van der Waals surface area contributed by atoms with Gasteiger partial charge >= 0.3 is 6.09 Å². The molecule has 4 nitrogen and oxygen atoms in total. The van der Waals surface area contributed by atoms with E-state index in [1.807, 2.05) is 25.7 Å². The predicted molar refractivity (Wildman–Crippen MR) is 91.2 cm³/mol. The van der Waals surface area contributed by atoms with E-state index in [9.17, 15) is 4.79 Å². The standard InChI is InChI=1S/C17H31NO3Si/c1-15(2,3)20-14(19)18-16(4)9-10-17(18,5)12-13(11-16)21-22(6,7)8/h11H,9-10,12H2,1-8H3/t16-,17+/m0/s1. The van der Waals surface area contributed by atoms with Gasteiger partial charge in [-0.15, -0.1) is 0 Å². The molecule has 2 aliphatic rings. The van der Waals surface area contributed by atoms with Crippen LogP contribution < -0.4 is 0 Å². The molecular formula is C17H31NO3Si. The zero-order chi connectivity index (χ0) is 17.0. The first kappa shape index (κ1) is 17.4. The molecule has 0 aliphatic carbocycles. The van der Waals surface area contributed by atoms with Crippen molar-refractivity contribution in [3.63, 3.8) is 0 Å². The van der Waals surface area contributed by atoms with Crippen molar-refractivity contribution in [2.24, 2.45) is 0 Å². The first-order valence-electron chi connectivity index (χ1n) is 8.18. The fraction of sp³-hybridized carbons (Fsp3) is 0.824. The molecule has 0 spiro atoms. The van der Waals surface area contributed by atoms with Crippen molar-refractivity contribution < 1.29 is 14.0 Å². The lowest BCUT2D eigenvalue weighted by atomic mass is 9.90. The third kappa shape index (κ3) is 3.50. The second-order valence-electron chi connectivity index (χ2n) is 9.17. The molecule has 1 amide bonds. The van der Waals surface area contributed by atoms with Gasteiger partial charge in [-0.05, 0) is 73.2 Å². The molecule has 126 valence electrons. The zero-order valence-corrected chi connectivity index (χ0v) is 16.4. The minimum Gasteiger partial charge on any atom is -0.547 e. The summed E-state index contributed by atoms with van der Waals surface area (Å²) in [6.07, 6.45) is 4.67. The van der Waals surface area contributed by atoms with Crippen molar-refractivity contribution in [2.75, 3.05) is 0 Å². The number of amides is 1. The smallest absolute Gasteiger partial charge is 0.411 e. The first-order valence-corrected chi connectivity index (χ1v) is 11.6. The van der Waals surface area contributed by atoms with Crippen LogP contribution >= 0.6 is 0 Å². The maximum absolute atomic E-state index is 12.7. The third-order valence-electron chi connectivity index (χ3n) is 4.26. The topological polar surface area (TPSA) is 38.8 Å². The summed E-state index contributed by atoms with van der Waals surface area (Å²) in [6.45, 7) is 16.6. The van der Waals surface area contributed by atoms with Crippen LogP contribution in [0.5, 0.6) is 0 Å². The van der Waals surface area contributed by atoms with Crippen molar-refractivity contribution in [1.29, 1.82) is 0 Å². The molecule has 0 aromatic rings. The van der Waals surface area contributed by atoms with E-state index in [1.165, 1.54) is 0 Å². The average Bonchev–Trinajstić information content (AvgIpc) is 2.37. The number of rotatable bonds is 2. The average molecular weight is 326 g/mol. The summed E-state index contributed by atoms with van der Waals surface area (Å²) in [7, 11) is -1.63. The normalized spacial score (nSPS) is 31.8. The number of carbonyl (C=O) groups is 1. The summed E-state index contributed by atoms with van der Waals surface area (Å²) in [5, 5.41) is 0. The Labute approximate surface area is 136 Å². The molecule has 2 rings (SSSR count). The van der Waals surface area contributed by atoms with Crippen molar-refractivity contribution in [1.82, 2.24) is 4.90 Å². The summed E-state index contributed by atoms with van der Waals surface area (Å²) in [4.78, 5) is 14.7.